The van der Waals surface area contributed by atoms with Crippen molar-refractivity contribution >= 4 is 6.09 Å². The van der Waals surface area contributed by atoms with E-state index in [4.69, 9.17) is 18.9 Å². The molecule has 0 saturated carbocycles. The standard InChI is InChI=1S/C17H31NO6/c1-16(2,3)24-15(20)18-13-7-6-11(9-19)22-14(13)8-12-10-21-17(4,5)23-12/h11-14,19H,6-10H2,1-5H3,(H,18,20)/t11-,12+,13+,14-/m0/s1. The highest BCUT2D eigenvalue weighted by atomic mass is 16.7. The molecular formula is C17H31NO6. The van der Waals surface area contributed by atoms with Crippen LogP contribution in [0.25, 0.3) is 0 Å². The molecule has 0 bridgehead atoms. The van der Waals surface area contributed by atoms with Crippen molar-refractivity contribution in [2.45, 2.75) is 89.6 Å². The van der Waals surface area contributed by atoms with Crippen LogP contribution >= 0.6 is 0 Å². The van der Waals surface area contributed by atoms with E-state index in [1.54, 1.807) is 0 Å². The number of rotatable bonds is 4. The summed E-state index contributed by atoms with van der Waals surface area (Å²) in [5.41, 5.74) is -0.546. The van der Waals surface area contributed by atoms with Crippen LogP contribution in [-0.2, 0) is 18.9 Å². The molecule has 2 fully saturated rings. The fourth-order valence-electron chi connectivity index (χ4n) is 3.08. The van der Waals surface area contributed by atoms with Gasteiger partial charge in [0.2, 0.25) is 0 Å². The van der Waals surface area contributed by atoms with Gasteiger partial charge in [0.05, 0.1) is 37.6 Å². The summed E-state index contributed by atoms with van der Waals surface area (Å²) in [6, 6.07) is -0.171. The maximum absolute atomic E-state index is 12.1. The summed E-state index contributed by atoms with van der Waals surface area (Å²) in [5, 5.41) is 12.3. The third-order valence-corrected chi connectivity index (χ3v) is 4.08. The zero-order valence-corrected chi connectivity index (χ0v) is 15.3. The van der Waals surface area contributed by atoms with E-state index in [2.05, 4.69) is 5.32 Å². The fraction of sp³-hybridized carbons (Fsp3) is 0.941. The Labute approximate surface area is 144 Å². The van der Waals surface area contributed by atoms with Crippen LogP contribution in [0.3, 0.4) is 0 Å². The molecule has 7 nitrogen and oxygen atoms in total. The third-order valence-electron chi connectivity index (χ3n) is 4.08. The molecule has 0 radical (unpaired) electrons. The molecule has 2 saturated heterocycles. The molecular weight excluding hydrogens is 314 g/mol. The number of nitrogens with one attached hydrogen (secondary N) is 1. The molecule has 0 aromatic rings. The number of hydrogen-bond acceptors (Lipinski definition) is 6. The number of ether oxygens (including phenoxy) is 4. The molecule has 0 aromatic heterocycles. The Bertz CT molecular complexity index is 433. The Morgan fingerprint density at radius 3 is 2.54 bits per heavy atom. The lowest BCUT2D eigenvalue weighted by molar-refractivity contribution is -0.150. The molecule has 140 valence electrons. The monoisotopic (exact) mass is 345 g/mol. The van der Waals surface area contributed by atoms with Crippen molar-refractivity contribution < 1.29 is 28.8 Å². The van der Waals surface area contributed by atoms with E-state index < -0.39 is 17.5 Å². The first-order valence-corrected chi connectivity index (χ1v) is 8.65. The van der Waals surface area contributed by atoms with Crippen LogP contribution < -0.4 is 5.32 Å². The van der Waals surface area contributed by atoms with Crippen LogP contribution in [0.2, 0.25) is 0 Å². The SMILES string of the molecule is CC(C)(C)OC(=O)N[C@@H]1CC[C@@H](CO)O[C@H]1C[C@@H]1COC(C)(C)O1. The van der Waals surface area contributed by atoms with Crippen molar-refractivity contribution in [1.82, 2.24) is 5.32 Å². The molecule has 2 aliphatic heterocycles. The van der Waals surface area contributed by atoms with E-state index in [-0.39, 0.29) is 31.0 Å². The number of aliphatic hydroxyl groups is 1. The summed E-state index contributed by atoms with van der Waals surface area (Å²) in [7, 11) is 0. The molecule has 0 spiro atoms. The predicted octanol–water partition coefficient (Wildman–Crippen LogP) is 1.96. The number of amides is 1. The second kappa shape index (κ2) is 7.56. The van der Waals surface area contributed by atoms with Crippen LogP contribution in [-0.4, -0.2) is 60.2 Å². The van der Waals surface area contributed by atoms with Gasteiger partial charge in [0.15, 0.2) is 5.79 Å². The molecule has 2 aliphatic rings. The van der Waals surface area contributed by atoms with E-state index in [9.17, 15) is 9.90 Å². The van der Waals surface area contributed by atoms with Crippen molar-refractivity contribution in [1.29, 1.82) is 0 Å². The van der Waals surface area contributed by atoms with Crippen LogP contribution in [0.15, 0.2) is 0 Å². The average molecular weight is 345 g/mol. The van der Waals surface area contributed by atoms with Gasteiger partial charge in [-0.15, -0.1) is 0 Å². The van der Waals surface area contributed by atoms with Crippen molar-refractivity contribution in [2.75, 3.05) is 13.2 Å². The summed E-state index contributed by atoms with van der Waals surface area (Å²) in [4.78, 5) is 12.1. The fourth-order valence-corrected chi connectivity index (χ4v) is 3.08. The van der Waals surface area contributed by atoms with E-state index in [1.165, 1.54) is 0 Å². The van der Waals surface area contributed by atoms with Gasteiger partial charge in [-0.05, 0) is 47.5 Å². The number of aliphatic hydroxyl groups excluding tert-OH is 1. The van der Waals surface area contributed by atoms with Crippen LogP contribution in [0.5, 0.6) is 0 Å². The summed E-state index contributed by atoms with van der Waals surface area (Å²) in [6.45, 7) is 9.71. The largest absolute Gasteiger partial charge is 0.444 e. The number of carbonyl (C=O) groups is 1. The molecule has 0 unspecified atom stereocenters. The van der Waals surface area contributed by atoms with Crippen LogP contribution in [0, 0.1) is 0 Å². The van der Waals surface area contributed by atoms with Gasteiger partial charge in [-0.1, -0.05) is 0 Å². The minimum atomic E-state index is -0.593. The Kier molecular flexibility index (Phi) is 6.12. The molecule has 2 heterocycles. The van der Waals surface area contributed by atoms with Gasteiger partial charge >= 0.3 is 6.09 Å². The van der Waals surface area contributed by atoms with Gasteiger partial charge in [-0.3, -0.25) is 0 Å². The number of alkyl carbamates (subject to hydrolysis) is 1. The highest BCUT2D eigenvalue weighted by Gasteiger charge is 2.39. The summed E-state index contributed by atoms with van der Waals surface area (Å²) in [5.74, 6) is -0.593. The van der Waals surface area contributed by atoms with Gasteiger partial charge in [-0.2, -0.15) is 0 Å². The second-order valence-corrected chi connectivity index (χ2v) is 8.00. The summed E-state index contributed by atoms with van der Waals surface area (Å²) in [6.07, 6.45) is 1.03. The molecule has 4 atom stereocenters. The number of hydrogen-bond donors (Lipinski definition) is 2. The Balaban J connectivity index is 1.95. The lowest BCUT2D eigenvalue weighted by Crippen LogP contribution is -2.52. The zero-order valence-electron chi connectivity index (χ0n) is 15.3. The van der Waals surface area contributed by atoms with Gasteiger partial charge in [0, 0.05) is 6.42 Å². The van der Waals surface area contributed by atoms with Crippen molar-refractivity contribution in [3.8, 4) is 0 Å². The predicted molar refractivity (Wildman–Crippen MR) is 87.7 cm³/mol. The second-order valence-electron chi connectivity index (χ2n) is 8.00. The molecule has 0 aromatic carbocycles. The maximum atomic E-state index is 12.1. The van der Waals surface area contributed by atoms with E-state index >= 15 is 0 Å². The molecule has 1 amide bonds. The minimum absolute atomic E-state index is 0.0246. The quantitative estimate of drug-likeness (QED) is 0.810. The molecule has 24 heavy (non-hydrogen) atoms. The Morgan fingerprint density at radius 1 is 1.29 bits per heavy atom. The van der Waals surface area contributed by atoms with Crippen LogP contribution in [0.4, 0.5) is 4.79 Å². The maximum Gasteiger partial charge on any atom is 0.407 e. The molecule has 2 N–H and O–H groups in total. The van der Waals surface area contributed by atoms with E-state index in [0.29, 0.717) is 19.4 Å². The van der Waals surface area contributed by atoms with Crippen molar-refractivity contribution in [3.05, 3.63) is 0 Å². The minimum Gasteiger partial charge on any atom is -0.444 e. The summed E-state index contributed by atoms with van der Waals surface area (Å²) < 4.78 is 22.7. The first-order valence-electron chi connectivity index (χ1n) is 8.65. The highest BCUT2D eigenvalue weighted by Crippen LogP contribution is 2.29. The molecule has 7 heteroatoms. The smallest absolute Gasteiger partial charge is 0.407 e. The van der Waals surface area contributed by atoms with Gasteiger partial charge in [0.25, 0.3) is 0 Å². The molecule has 0 aliphatic carbocycles. The van der Waals surface area contributed by atoms with Crippen LogP contribution in [0.1, 0.15) is 53.9 Å². The lowest BCUT2D eigenvalue weighted by Gasteiger charge is -2.37. The third kappa shape index (κ3) is 5.88. The Hall–Kier alpha value is -0.890. The number of carbonyl (C=O) groups excluding carboxylic acids is 1. The first kappa shape index (κ1) is 19.4. The topological polar surface area (TPSA) is 86.3 Å². The highest BCUT2D eigenvalue weighted by molar-refractivity contribution is 5.68. The first-order chi connectivity index (χ1) is 11.1. The van der Waals surface area contributed by atoms with Gasteiger partial charge < -0.3 is 29.4 Å². The van der Waals surface area contributed by atoms with Gasteiger partial charge in [-0.25, -0.2) is 4.79 Å². The van der Waals surface area contributed by atoms with Crippen molar-refractivity contribution in [2.24, 2.45) is 0 Å². The average Bonchev–Trinajstić information content (AvgIpc) is 2.77. The lowest BCUT2D eigenvalue weighted by atomic mass is 9.95. The zero-order chi connectivity index (χ0) is 18.0. The molecule has 2 rings (SSSR count). The van der Waals surface area contributed by atoms with E-state index in [0.717, 1.165) is 6.42 Å². The van der Waals surface area contributed by atoms with E-state index in [1.807, 2.05) is 34.6 Å². The van der Waals surface area contributed by atoms with Crippen molar-refractivity contribution in [3.63, 3.8) is 0 Å². The normalized spacial score (nSPS) is 33.2. The van der Waals surface area contributed by atoms with Gasteiger partial charge in [0.1, 0.15) is 5.60 Å². The summed E-state index contributed by atoms with van der Waals surface area (Å²) >= 11 is 0. The Morgan fingerprint density at radius 2 is 2.00 bits per heavy atom.